The summed E-state index contributed by atoms with van der Waals surface area (Å²) in [5, 5.41) is 16.7. The van der Waals surface area contributed by atoms with Crippen molar-refractivity contribution in [2.45, 2.75) is 83.5 Å². The highest BCUT2D eigenvalue weighted by molar-refractivity contribution is 5.80. The van der Waals surface area contributed by atoms with Crippen LogP contribution in [0.25, 0.3) is 0 Å². The molecule has 1 aromatic carbocycles. The molecule has 5 nitrogen and oxygen atoms in total. The van der Waals surface area contributed by atoms with E-state index in [2.05, 4.69) is 46.7 Å². The van der Waals surface area contributed by atoms with Crippen LogP contribution in [0, 0.1) is 0 Å². The zero-order chi connectivity index (χ0) is 19.6. The molecule has 0 aromatic heterocycles. The Hall–Kier alpha value is -1.59. The molecule has 1 aliphatic carbocycles. The molecule has 0 unspecified atom stereocenters. The summed E-state index contributed by atoms with van der Waals surface area (Å²) in [5.41, 5.74) is 2.73. The van der Waals surface area contributed by atoms with Crippen molar-refractivity contribution in [2.75, 3.05) is 19.6 Å². The molecule has 1 aliphatic heterocycles. The lowest BCUT2D eigenvalue weighted by Gasteiger charge is -2.27. The van der Waals surface area contributed by atoms with Gasteiger partial charge in [-0.1, -0.05) is 37.1 Å². The van der Waals surface area contributed by atoms with Crippen LogP contribution in [-0.2, 0) is 13.1 Å². The summed E-state index contributed by atoms with van der Waals surface area (Å²) in [7, 11) is 0. The fourth-order valence-corrected chi connectivity index (χ4v) is 4.30. The molecule has 1 aromatic rings. The molecule has 5 heteroatoms. The fourth-order valence-electron chi connectivity index (χ4n) is 4.30. The zero-order valence-electron chi connectivity index (χ0n) is 17.5. The van der Waals surface area contributed by atoms with Crippen LogP contribution in [0.3, 0.4) is 0 Å². The molecule has 156 valence electrons. The number of hydrogen-bond acceptors (Lipinski definition) is 3. The van der Waals surface area contributed by atoms with E-state index >= 15 is 0 Å². The number of rotatable bonds is 6. The first kappa shape index (κ1) is 21.1. The average molecular weight is 387 g/mol. The van der Waals surface area contributed by atoms with Gasteiger partial charge in [-0.25, -0.2) is 4.99 Å². The monoisotopic (exact) mass is 386 g/mol. The van der Waals surface area contributed by atoms with Crippen LogP contribution in [0.15, 0.2) is 29.3 Å². The highest BCUT2D eigenvalue weighted by Crippen LogP contribution is 2.19. The van der Waals surface area contributed by atoms with Crippen molar-refractivity contribution in [2.24, 2.45) is 4.99 Å². The minimum Gasteiger partial charge on any atom is -0.393 e. The fraction of sp³-hybridized carbons (Fsp3) is 0.696. The lowest BCUT2D eigenvalue weighted by atomic mass is 9.93. The second-order valence-electron chi connectivity index (χ2n) is 8.30. The van der Waals surface area contributed by atoms with Crippen molar-refractivity contribution in [1.82, 2.24) is 15.5 Å². The Morgan fingerprint density at radius 1 is 1.04 bits per heavy atom. The molecule has 28 heavy (non-hydrogen) atoms. The normalized spacial score (nSPS) is 24.6. The molecule has 0 amide bonds. The number of aliphatic hydroxyl groups is 1. The van der Waals surface area contributed by atoms with Crippen LogP contribution in [-0.4, -0.2) is 47.7 Å². The van der Waals surface area contributed by atoms with E-state index in [1.165, 1.54) is 49.9 Å². The van der Waals surface area contributed by atoms with Crippen LogP contribution >= 0.6 is 0 Å². The van der Waals surface area contributed by atoms with Crippen LogP contribution in [0.2, 0.25) is 0 Å². The Balaban J connectivity index is 1.61. The van der Waals surface area contributed by atoms with E-state index in [4.69, 9.17) is 4.99 Å². The van der Waals surface area contributed by atoms with Crippen LogP contribution in [0.1, 0.15) is 69.4 Å². The molecule has 0 atom stereocenters. The van der Waals surface area contributed by atoms with E-state index < -0.39 is 0 Å². The number of nitrogens with one attached hydrogen (secondary N) is 2. The molecule has 3 N–H and O–H groups in total. The van der Waals surface area contributed by atoms with Gasteiger partial charge in [-0.05, 0) is 69.7 Å². The Bertz CT molecular complexity index is 602. The van der Waals surface area contributed by atoms with E-state index in [1.807, 2.05) is 0 Å². The minimum atomic E-state index is -0.122. The standard InChI is InChI=1S/C23H38N4O/c1-2-24-23(26-21-11-13-22(28)14-12-21)25-17-19-9-5-6-10-20(19)18-27-15-7-3-4-8-16-27/h5-6,9-10,21-22,28H,2-4,7-8,11-18H2,1H3,(H2,24,25,26). The summed E-state index contributed by atoms with van der Waals surface area (Å²) in [4.78, 5) is 7.49. The molecule has 1 saturated carbocycles. The maximum Gasteiger partial charge on any atom is 0.191 e. The number of benzene rings is 1. The molecule has 3 rings (SSSR count). The van der Waals surface area contributed by atoms with Gasteiger partial charge < -0.3 is 15.7 Å². The smallest absolute Gasteiger partial charge is 0.191 e. The summed E-state index contributed by atoms with van der Waals surface area (Å²) in [6.07, 6.45) is 9.06. The largest absolute Gasteiger partial charge is 0.393 e. The second-order valence-corrected chi connectivity index (χ2v) is 8.30. The van der Waals surface area contributed by atoms with Gasteiger partial charge in [0.1, 0.15) is 0 Å². The van der Waals surface area contributed by atoms with Crippen molar-refractivity contribution in [3.63, 3.8) is 0 Å². The maximum absolute atomic E-state index is 9.72. The highest BCUT2D eigenvalue weighted by Gasteiger charge is 2.20. The molecular weight excluding hydrogens is 348 g/mol. The molecule has 0 radical (unpaired) electrons. The molecule has 2 fully saturated rings. The topological polar surface area (TPSA) is 59.9 Å². The highest BCUT2D eigenvalue weighted by atomic mass is 16.3. The number of likely N-dealkylation sites (tertiary alicyclic amines) is 1. The zero-order valence-corrected chi connectivity index (χ0v) is 17.5. The lowest BCUT2D eigenvalue weighted by Crippen LogP contribution is -2.45. The van der Waals surface area contributed by atoms with Gasteiger partial charge >= 0.3 is 0 Å². The van der Waals surface area contributed by atoms with Gasteiger partial charge in [-0.15, -0.1) is 0 Å². The Labute approximate surface area is 170 Å². The third-order valence-corrected chi connectivity index (χ3v) is 6.00. The molecule has 1 heterocycles. The predicted molar refractivity (Wildman–Crippen MR) is 116 cm³/mol. The van der Waals surface area contributed by atoms with Crippen molar-refractivity contribution in [1.29, 1.82) is 0 Å². The summed E-state index contributed by atoms with van der Waals surface area (Å²) >= 11 is 0. The van der Waals surface area contributed by atoms with Crippen molar-refractivity contribution < 1.29 is 5.11 Å². The first-order chi connectivity index (χ1) is 13.7. The molecule has 0 bridgehead atoms. The van der Waals surface area contributed by atoms with E-state index in [0.717, 1.165) is 44.7 Å². The first-order valence-electron chi connectivity index (χ1n) is 11.3. The van der Waals surface area contributed by atoms with Gasteiger partial charge in [0, 0.05) is 19.1 Å². The lowest BCUT2D eigenvalue weighted by molar-refractivity contribution is 0.120. The number of guanidine groups is 1. The van der Waals surface area contributed by atoms with E-state index in [1.54, 1.807) is 0 Å². The Kier molecular flexibility index (Phi) is 8.62. The first-order valence-corrected chi connectivity index (χ1v) is 11.3. The average Bonchev–Trinajstić information content (AvgIpc) is 2.98. The quantitative estimate of drug-likeness (QED) is 0.518. The third-order valence-electron chi connectivity index (χ3n) is 6.00. The van der Waals surface area contributed by atoms with Crippen molar-refractivity contribution >= 4 is 5.96 Å². The maximum atomic E-state index is 9.72. The summed E-state index contributed by atoms with van der Waals surface area (Å²) in [5.74, 6) is 0.897. The molecule has 1 saturated heterocycles. The molecular formula is C23H38N4O. The number of nitrogens with zero attached hydrogens (tertiary/aromatic N) is 2. The van der Waals surface area contributed by atoms with Gasteiger partial charge in [0.25, 0.3) is 0 Å². The Morgan fingerprint density at radius 3 is 2.39 bits per heavy atom. The van der Waals surface area contributed by atoms with Crippen LogP contribution in [0.4, 0.5) is 0 Å². The predicted octanol–water partition coefficient (Wildman–Crippen LogP) is 3.42. The third kappa shape index (κ3) is 6.78. The van der Waals surface area contributed by atoms with Gasteiger partial charge in [0.05, 0.1) is 12.6 Å². The van der Waals surface area contributed by atoms with Crippen LogP contribution < -0.4 is 10.6 Å². The number of hydrogen-bond donors (Lipinski definition) is 3. The van der Waals surface area contributed by atoms with Gasteiger partial charge in [-0.3, -0.25) is 4.90 Å². The van der Waals surface area contributed by atoms with Gasteiger partial charge in [0.15, 0.2) is 5.96 Å². The van der Waals surface area contributed by atoms with Crippen molar-refractivity contribution in [3.05, 3.63) is 35.4 Å². The molecule has 2 aliphatic rings. The number of aliphatic imine (C=N–C) groups is 1. The van der Waals surface area contributed by atoms with Crippen LogP contribution in [0.5, 0.6) is 0 Å². The number of aliphatic hydroxyl groups excluding tert-OH is 1. The van der Waals surface area contributed by atoms with Gasteiger partial charge in [0.2, 0.25) is 0 Å². The van der Waals surface area contributed by atoms with E-state index in [0.29, 0.717) is 12.6 Å². The second kappa shape index (κ2) is 11.4. The summed E-state index contributed by atoms with van der Waals surface area (Å²) in [6.45, 7) is 7.14. The minimum absolute atomic E-state index is 0.122. The summed E-state index contributed by atoms with van der Waals surface area (Å²) in [6, 6.07) is 9.17. The SMILES string of the molecule is CCNC(=NCc1ccccc1CN1CCCCCC1)NC1CCC(O)CC1. The molecule has 0 spiro atoms. The van der Waals surface area contributed by atoms with Gasteiger partial charge in [-0.2, -0.15) is 0 Å². The Morgan fingerprint density at radius 2 is 1.71 bits per heavy atom. The summed E-state index contributed by atoms with van der Waals surface area (Å²) < 4.78 is 0. The van der Waals surface area contributed by atoms with E-state index in [9.17, 15) is 5.11 Å². The van der Waals surface area contributed by atoms with E-state index in [-0.39, 0.29) is 6.10 Å². The van der Waals surface area contributed by atoms with Crippen molar-refractivity contribution in [3.8, 4) is 0 Å².